The van der Waals surface area contributed by atoms with Crippen molar-refractivity contribution >= 4 is 27.3 Å². The van der Waals surface area contributed by atoms with Gasteiger partial charge in [-0.05, 0) is 36.4 Å². The fourth-order valence-electron chi connectivity index (χ4n) is 3.08. The fraction of sp³-hybridized carbons (Fsp3) is 0.238. The van der Waals surface area contributed by atoms with Crippen LogP contribution in [0.5, 0.6) is 5.75 Å². The smallest absolute Gasteiger partial charge is 0.248 e. The van der Waals surface area contributed by atoms with E-state index in [1.165, 1.54) is 15.6 Å². The molecule has 1 aliphatic heterocycles. The van der Waals surface area contributed by atoms with Gasteiger partial charge >= 0.3 is 0 Å². The highest BCUT2D eigenvalue weighted by molar-refractivity contribution is 7.89. The lowest BCUT2D eigenvalue weighted by atomic mass is 10.1. The van der Waals surface area contributed by atoms with Crippen LogP contribution in [0.15, 0.2) is 58.8 Å². The lowest BCUT2D eigenvalue weighted by Crippen LogP contribution is -2.40. The summed E-state index contributed by atoms with van der Waals surface area (Å²) in [4.78, 5) is 16.0. The fourth-order valence-corrected chi connectivity index (χ4v) is 5.30. The molecule has 162 valence electrons. The first kappa shape index (κ1) is 21.4. The summed E-state index contributed by atoms with van der Waals surface area (Å²) in [5.74, 6) is 0.0878. The zero-order valence-corrected chi connectivity index (χ0v) is 18.2. The average Bonchev–Trinajstić information content (AvgIpc) is 3.28. The summed E-state index contributed by atoms with van der Waals surface area (Å²) in [6.07, 6.45) is 0. The van der Waals surface area contributed by atoms with Crippen LogP contribution in [0.3, 0.4) is 0 Å². The van der Waals surface area contributed by atoms with Crippen LogP contribution in [0, 0.1) is 0 Å². The Kier molecular flexibility index (Phi) is 6.33. The Labute approximate surface area is 184 Å². The topological polar surface area (TPSA) is 112 Å². The first-order chi connectivity index (χ1) is 14.9. The van der Waals surface area contributed by atoms with Crippen molar-refractivity contribution in [1.29, 1.82) is 0 Å². The van der Waals surface area contributed by atoms with E-state index in [2.05, 4.69) is 4.98 Å². The number of nitrogens with zero attached hydrogens (tertiary/aromatic N) is 2. The first-order valence-corrected chi connectivity index (χ1v) is 11.9. The molecule has 8 nitrogen and oxygen atoms in total. The minimum Gasteiger partial charge on any atom is -0.487 e. The van der Waals surface area contributed by atoms with Crippen LogP contribution in [0.4, 0.5) is 0 Å². The number of amides is 1. The van der Waals surface area contributed by atoms with Crippen molar-refractivity contribution in [2.75, 3.05) is 26.3 Å². The van der Waals surface area contributed by atoms with Crippen molar-refractivity contribution in [1.82, 2.24) is 9.29 Å². The summed E-state index contributed by atoms with van der Waals surface area (Å²) >= 11 is 1.47. The van der Waals surface area contributed by atoms with Gasteiger partial charge in [0, 0.05) is 29.6 Å². The summed E-state index contributed by atoms with van der Waals surface area (Å²) in [7, 11) is -3.52. The Balaban J connectivity index is 1.38. The van der Waals surface area contributed by atoms with Crippen molar-refractivity contribution in [2.45, 2.75) is 11.5 Å². The van der Waals surface area contributed by atoms with E-state index in [-0.39, 0.29) is 11.5 Å². The Hall–Kier alpha value is -2.79. The summed E-state index contributed by atoms with van der Waals surface area (Å²) in [5.41, 5.74) is 7.35. The minimum absolute atomic E-state index is 0.233. The van der Waals surface area contributed by atoms with Crippen LogP contribution in [0.1, 0.15) is 16.1 Å². The molecule has 0 unspecified atom stereocenters. The number of carbonyl (C=O) groups is 1. The molecule has 0 radical (unpaired) electrons. The van der Waals surface area contributed by atoms with Gasteiger partial charge in [0.25, 0.3) is 0 Å². The third-order valence-corrected chi connectivity index (χ3v) is 7.64. The average molecular weight is 460 g/mol. The summed E-state index contributed by atoms with van der Waals surface area (Å²) in [6, 6.07) is 13.3. The van der Waals surface area contributed by atoms with E-state index in [1.54, 1.807) is 48.5 Å². The van der Waals surface area contributed by atoms with Gasteiger partial charge in [-0.2, -0.15) is 4.31 Å². The molecule has 1 amide bonds. The molecule has 0 aliphatic carbocycles. The number of primary amides is 1. The van der Waals surface area contributed by atoms with E-state index < -0.39 is 15.9 Å². The van der Waals surface area contributed by atoms with Crippen LogP contribution >= 0.6 is 11.3 Å². The maximum absolute atomic E-state index is 12.7. The number of nitrogens with two attached hydrogens (primary N) is 1. The number of benzene rings is 2. The molecule has 1 aromatic heterocycles. The second-order valence-corrected chi connectivity index (χ2v) is 9.66. The van der Waals surface area contributed by atoms with Gasteiger partial charge in [-0.15, -0.1) is 11.3 Å². The number of ether oxygens (including phenoxy) is 2. The highest BCUT2D eigenvalue weighted by Gasteiger charge is 2.26. The van der Waals surface area contributed by atoms with Gasteiger partial charge in [0.2, 0.25) is 15.9 Å². The number of sulfonamides is 1. The van der Waals surface area contributed by atoms with Gasteiger partial charge in [-0.25, -0.2) is 13.4 Å². The molecule has 3 aromatic rings. The molecule has 31 heavy (non-hydrogen) atoms. The SMILES string of the molecule is NC(=O)c1ccc(-c2nc(COc3ccc(S(=O)(=O)N4CCOCC4)cc3)cs2)cc1. The highest BCUT2D eigenvalue weighted by Crippen LogP contribution is 2.25. The zero-order chi connectivity index (χ0) is 21.8. The molecule has 2 N–H and O–H groups in total. The second kappa shape index (κ2) is 9.15. The van der Waals surface area contributed by atoms with Crippen LogP contribution in [0.2, 0.25) is 0 Å². The Morgan fingerprint density at radius 2 is 1.77 bits per heavy atom. The standard InChI is InChI=1S/C21H21N3O5S2/c22-20(25)15-1-3-16(4-2-15)21-23-17(14-30-21)13-29-18-5-7-19(8-6-18)31(26,27)24-9-11-28-12-10-24/h1-8,14H,9-13H2,(H2,22,25). The van der Waals surface area contributed by atoms with Crippen molar-refractivity contribution in [2.24, 2.45) is 5.73 Å². The molecule has 1 fully saturated rings. The van der Waals surface area contributed by atoms with Crippen molar-refractivity contribution in [3.8, 4) is 16.3 Å². The van der Waals surface area contributed by atoms with Gasteiger partial charge < -0.3 is 15.2 Å². The van der Waals surface area contributed by atoms with Crippen molar-refractivity contribution in [3.05, 3.63) is 65.2 Å². The lowest BCUT2D eigenvalue weighted by Gasteiger charge is -2.26. The second-order valence-electron chi connectivity index (χ2n) is 6.86. The van der Waals surface area contributed by atoms with E-state index in [1.807, 2.05) is 5.38 Å². The molecule has 2 aromatic carbocycles. The summed E-state index contributed by atoms with van der Waals surface area (Å²) in [6.45, 7) is 1.79. The third kappa shape index (κ3) is 4.93. The van der Waals surface area contributed by atoms with E-state index >= 15 is 0 Å². The number of hydrogen-bond donors (Lipinski definition) is 1. The predicted octanol–water partition coefficient (Wildman–Crippen LogP) is 2.51. The monoisotopic (exact) mass is 459 g/mol. The molecule has 0 spiro atoms. The molecule has 10 heteroatoms. The van der Waals surface area contributed by atoms with E-state index in [0.717, 1.165) is 16.3 Å². The first-order valence-electron chi connectivity index (χ1n) is 9.59. The number of hydrogen-bond acceptors (Lipinski definition) is 7. The van der Waals surface area contributed by atoms with Gasteiger partial charge in [0.05, 0.1) is 23.8 Å². The summed E-state index contributed by atoms with van der Waals surface area (Å²) < 4.78 is 37.7. The lowest BCUT2D eigenvalue weighted by molar-refractivity contribution is 0.0730. The highest BCUT2D eigenvalue weighted by atomic mass is 32.2. The van der Waals surface area contributed by atoms with Gasteiger partial charge in [-0.3, -0.25) is 4.79 Å². The summed E-state index contributed by atoms with van der Waals surface area (Å²) in [5, 5.41) is 2.70. The number of carbonyl (C=O) groups excluding carboxylic acids is 1. The molecule has 1 aliphatic rings. The Morgan fingerprint density at radius 3 is 2.42 bits per heavy atom. The molecular weight excluding hydrogens is 438 g/mol. The minimum atomic E-state index is -3.52. The van der Waals surface area contributed by atoms with Crippen molar-refractivity contribution < 1.29 is 22.7 Å². The molecule has 4 rings (SSSR count). The maximum atomic E-state index is 12.7. The van der Waals surface area contributed by atoms with Crippen molar-refractivity contribution in [3.63, 3.8) is 0 Å². The quantitative estimate of drug-likeness (QED) is 0.581. The molecule has 2 heterocycles. The molecule has 0 bridgehead atoms. The van der Waals surface area contributed by atoms with E-state index in [9.17, 15) is 13.2 Å². The number of rotatable bonds is 7. The van der Waals surface area contributed by atoms with Gasteiger partial charge in [-0.1, -0.05) is 12.1 Å². The molecule has 0 atom stereocenters. The maximum Gasteiger partial charge on any atom is 0.248 e. The molecular formula is C21H21N3O5S2. The Bertz CT molecular complexity index is 1150. The number of aromatic nitrogens is 1. The third-order valence-electron chi connectivity index (χ3n) is 4.79. The van der Waals surface area contributed by atoms with Crippen LogP contribution < -0.4 is 10.5 Å². The van der Waals surface area contributed by atoms with E-state index in [4.69, 9.17) is 15.2 Å². The predicted molar refractivity (Wildman–Crippen MR) is 116 cm³/mol. The largest absolute Gasteiger partial charge is 0.487 e. The molecule has 0 saturated carbocycles. The number of thiazole rings is 1. The molecule has 1 saturated heterocycles. The van der Waals surface area contributed by atoms with Crippen LogP contribution in [-0.2, 0) is 21.4 Å². The normalized spacial score (nSPS) is 15.0. The number of morpholine rings is 1. The van der Waals surface area contributed by atoms with Crippen LogP contribution in [0.25, 0.3) is 10.6 Å². The zero-order valence-electron chi connectivity index (χ0n) is 16.6. The van der Waals surface area contributed by atoms with Crippen LogP contribution in [-0.4, -0.2) is 49.9 Å². The van der Waals surface area contributed by atoms with E-state index in [0.29, 0.717) is 37.6 Å². The Morgan fingerprint density at radius 1 is 1.10 bits per heavy atom. The van der Waals surface area contributed by atoms with Gasteiger partial charge in [0.1, 0.15) is 17.4 Å². The van der Waals surface area contributed by atoms with Gasteiger partial charge in [0.15, 0.2) is 0 Å².